The lowest BCUT2D eigenvalue weighted by atomic mass is 10.1. The summed E-state index contributed by atoms with van der Waals surface area (Å²) in [4.78, 5) is 31.3. The number of piperazine rings is 1. The lowest BCUT2D eigenvalue weighted by Crippen LogP contribution is -2.49. The molecule has 180 valence electrons. The Kier molecular flexibility index (Phi) is 6.04. The summed E-state index contributed by atoms with van der Waals surface area (Å²) in [5, 5.41) is 4.69. The molecule has 10 heteroatoms. The number of anilines is 1. The highest BCUT2D eigenvalue weighted by atomic mass is 19.1. The van der Waals surface area contributed by atoms with Gasteiger partial charge >= 0.3 is 0 Å². The molecule has 5 rings (SSSR count). The zero-order valence-electron chi connectivity index (χ0n) is 19.0. The Hall–Kier alpha value is -4.05. The Balaban J connectivity index is 1.47. The van der Waals surface area contributed by atoms with Crippen molar-refractivity contribution < 1.29 is 18.3 Å². The number of hydrogen-bond acceptors (Lipinski definition) is 5. The Morgan fingerprint density at radius 3 is 2.37 bits per heavy atom. The molecule has 1 N–H and O–H groups in total. The van der Waals surface area contributed by atoms with E-state index in [0.717, 1.165) is 22.5 Å². The number of halogens is 2. The van der Waals surface area contributed by atoms with Crippen LogP contribution in [-0.4, -0.2) is 65.5 Å². The van der Waals surface area contributed by atoms with Gasteiger partial charge in [-0.2, -0.15) is 5.10 Å². The largest absolute Gasteiger partial charge is 0.375 e. The standard InChI is InChI=1S/C25H23F2N5O3/c1-35-15-21(33)31-13-11-30(12-14-31)17-7-5-16(6-8-17)23-22-20(9-10-28-25(22)34)32(29-23)24-18(26)3-2-4-19(24)27/h2-10H,11-15H2,1H3,(H,28,34). The van der Waals surface area contributed by atoms with E-state index >= 15 is 0 Å². The monoisotopic (exact) mass is 479 g/mol. The number of methoxy groups -OCH3 is 1. The van der Waals surface area contributed by atoms with Gasteiger partial charge in [-0.1, -0.05) is 18.2 Å². The molecule has 0 spiro atoms. The van der Waals surface area contributed by atoms with Crippen LogP contribution >= 0.6 is 0 Å². The van der Waals surface area contributed by atoms with E-state index in [2.05, 4.69) is 15.0 Å². The maximum absolute atomic E-state index is 14.5. The van der Waals surface area contributed by atoms with Crippen LogP contribution < -0.4 is 10.5 Å². The Labute approximate surface area is 199 Å². The second-order valence-corrected chi connectivity index (χ2v) is 8.25. The number of aromatic amines is 1. The number of rotatable bonds is 5. The quantitative estimate of drug-likeness (QED) is 0.476. The maximum Gasteiger partial charge on any atom is 0.259 e. The Morgan fingerprint density at radius 2 is 1.71 bits per heavy atom. The van der Waals surface area contributed by atoms with Gasteiger partial charge < -0.3 is 19.5 Å². The predicted octanol–water partition coefficient (Wildman–Crippen LogP) is 2.95. The van der Waals surface area contributed by atoms with Crippen molar-refractivity contribution in [3.8, 4) is 16.9 Å². The molecule has 1 amide bonds. The lowest BCUT2D eigenvalue weighted by molar-refractivity contribution is -0.135. The molecule has 3 heterocycles. The zero-order chi connectivity index (χ0) is 24.5. The summed E-state index contributed by atoms with van der Waals surface area (Å²) in [5.74, 6) is -1.58. The van der Waals surface area contributed by atoms with E-state index < -0.39 is 17.2 Å². The van der Waals surface area contributed by atoms with Crippen LogP contribution in [0.15, 0.2) is 59.5 Å². The van der Waals surface area contributed by atoms with Crippen molar-refractivity contribution in [3.63, 3.8) is 0 Å². The second kappa shape index (κ2) is 9.30. The van der Waals surface area contributed by atoms with Crippen LogP contribution in [0.2, 0.25) is 0 Å². The number of carbonyl (C=O) groups is 1. The van der Waals surface area contributed by atoms with Crippen molar-refractivity contribution in [1.29, 1.82) is 0 Å². The number of benzene rings is 2. The van der Waals surface area contributed by atoms with Crippen molar-refractivity contribution >= 4 is 22.5 Å². The number of aromatic nitrogens is 3. The molecule has 4 aromatic rings. The van der Waals surface area contributed by atoms with E-state index in [1.165, 1.54) is 19.4 Å². The molecule has 0 aliphatic carbocycles. The number of nitrogens with one attached hydrogen (secondary N) is 1. The molecular weight excluding hydrogens is 456 g/mol. The van der Waals surface area contributed by atoms with Crippen molar-refractivity contribution in [3.05, 3.63) is 76.7 Å². The van der Waals surface area contributed by atoms with Crippen LogP contribution in [0.25, 0.3) is 27.8 Å². The lowest BCUT2D eigenvalue weighted by Gasteiger charge is -2.36. The highest BCUT2D eigenvalue weighted by Crippen LogP contribution is 2.30. The highest BCUT2D eigenvalue weighted by molar-refractivity contribution is 5.93. The minimum Gasteiger partial charge on any atom is -0.375 e. The first kappa shape index (κ1) is 22.7. The average Bonchev–Trinajstić information content (AvgIpc) is 3.25. The summed E-state index contributed by atoms with van der Waals surface area (Å²) < 4.78 is 35.1. The third-order valence-electron chi connectivity index (χ3n) is 6.16. The fourth-order valence-corrected chi connectivity index (χ4v) is 4.40. The first-order valence-corrected chi connectivity index (χ1v) is 11.1. The maximum atomic E-state index is 14.5. The average molecular weight is 479 g/mol. The van der Waals surface area contributed by atoms with E-state index in [1.807, 2.05) is 24.3 Å². The predicted molar refractivity (Wildman–Crippen MR) is 128 cm³/mol. The number of nitrogens with zero attached hydrogens (tertiary/aromatic N) is 4. The number of amides is 1. The van der Waals surface area contributed by atoms with E-state index in [1.54, 1.807) is 11.0 Å². The van der Waals surface area contributed by atoms with E-state index in [9.17, 15) is 18.4 Å². The van der Waals surface area contributed by atoms with Gasteiger partial charge in [0.2, 0.25) is 5.91 Å². The molecule has 2 aromatic carbocycles. The molecule has 0 saturated carbocycles. The Morgan fingerprint density at radius 1 is 1.03 bits per heavy atom. The molecule has 0 unspecified atom stereocenters. The van der Waals surface area contributed by atoms with E-state index in [-0.39, 0.29) is 23.6 Å². The summed E-state index contributed by atoms with van der Waals surface area (Å²) in [7, 11) is 1.50. The minimum absolute atomic E-state index is 0.0264. The fourth-order valence-electron chi connectivity index (χ4n) is 4.40. The molecule has 1 saturated heterocycles. The van der Waals surface area contributed by atoms with Crippen LogP contribution in [0.3, 0.4) is 0 Å². The van der Waals surface area contributed by atoms with E-state index in [0.29, 0.717) is 43.0 Å². The van der Waals surface area contributed by atoms with Crippen molar-refractivity contribution in [2.45, 2.75) is 0 Å². The molecule has 0 radical (unpaired) electrons. The van der Waals surface area contributed by atoms with Gasteiger partial charge in [-0.3, -0.25) is 9.59 Å². The number of H-pyrrole nitrogens is 1. The normalized spacial score (nSPS) is 14.0. The third kappa shape index (κ3) is 4.17. The number of para-hydroxylation sites is 1. The number of hydrogen-bond donors (Lipinski definition) is 1. The van der Waals surface area contributed by atoms with Crippen LogP contribution in [-0.2, 0) is 9.53 Å². The summed E-state index contributed by atoms with van der Waals surface area (Å²) >= 11 is 0. The number of carbonyl (C=O) groups excluding carboxylic acids is 1. The molecule has 0 bridgehead atoms. The SMILES string of the molecule is COCC(=O)N1CCN(c2ccc(-c3nn(-c4c(F)cccc4F)c4cc[nH]c(=O)c34)cc2)CC1. The number of pyridine rings is 1. The molecule has 0 atom stereocenters. The fraction of sp³-hybridized carbons (Fsp3) is 0.240. The molecule has 8 nitrogen and oxygen atoms in total. The van der Waals surface area contributed by atoms with Gasteiger partial charge in [-0.05, 0) is 30.3 Å². The van der Waals surface area contributed by atoms with Gasteiger partial charge in [0.25, 0.3) is 5.56 Å². The first-order valence-electron chi connectivity index (χ1n) is 11.1. The van der Waals surface area contributed by atoms with Crippen molar-refractivity contribution in [1.82, 2.24) is 19.7 Å². The summed E-state index contributed by atoms with van der Waals surface area (Å²) in [6.45, 7) is 2.63. The molecular formula is C25H23F2N5O3. The zero-order valence-corrected chi connectivity index (χ0v) is 19.0. The summed E-state index contributed by atoms with van der Waals surface area (Å²) in [6.07, 6.45) is 1.42. The van der Waals surface area contributed by atoms with Crippen molar-refractivity contribution in [2.75, 3.05) is 44.8 Å². The van der Waals surface area contributed by atoms with Crippen LogP contribution in [0.1, 0.15) is 0 Å². The molecule has 35 heavy (non-hydrogen) atoms. The summed E-state index contributed by atoms with van der Waals surface area (Å²) in [5.41, 5.74) is 1.48. The van der Waals surface area contributed by atoms with Gasteiger partial charge in [0, 0.05) is 50.7 Å². The van der Waals surface area contributed by atoms with Gasteiger partial charge in [-0.25, -0.2) is 13.5 Å². The molecule has 1 aliphatic heterocycles. The Bertz CT molecular complexity index is 1420. The summed E-state index contributed by atoms with van der Waals surface area (Å²) in [6, 6.07) is 12.6. The third-order valence-corrected chi connectivity index (χ3v) is 6.16. The number of fused-ring (bicyclic) bond motifs is 1. The van der Waals surface area contributed by atoms with Crippen molar-refractivity contribution in [2.24, 2.45) is 0 Å². The van der Waals surface area contributed by atoms with Crippen LogP contribution in [0.5, 0.6) is 0 Å². The second-order valence-electron chi connectivity index (χ2n) is 8.25. The van der Waals surface area contributed by atoms with Gasteiger partial charge in [-0.15, -0.1) is 0 Å². The number of ether oxygens (including phenoxy) is 1. The highest BCUT2D eigenvalue weighted by Gasteiger charge is 2.23. The van der Waals surface area contributed by atoms with Gasteiger partial charge in [0.15, 0.2) is 11.6 Å². The topological polar surface area (TPSA) is 83.5 Å². The van der Waals surface area contributed by atoms with E-state index in [4.69, 9.17) is 4.74 Å². The van der Waals surface area contributed by atoms with Crippen LogP contribution in [0.4, 0.5) is 14.5 Å². The minimum atomic E-state index is -0.778. The van der Waals surface area contributed by atoms with Crippen LogP contribution in [0, 0.1) is 11.6 Å². The molecule has 1 aliphatic rings. The van der Waals surface area contributed by atoms with Gasteiger partial charge in [0.1, 0.15) is 18.0 Å². The smallest absolute Gasteiger partial charge is 0.259 e. The molecule has 2 aromatic heterocycles. The molecule has 1 fully saturated rings. The van der Waals surface area contributed by atoms with Gasteiger partial charge in [0.05, 0.1) is 10.9 Å². The first-order chi connectivity index (χ1) is 17.0.